The number of pyridine rings is 1. The first kappa shape index (κ1) is 27.3. The standard InChI is InChI=1S/C27H27F4IN4O/c1-36-11-9-23(10-12-36)34-25(37)35-26(16-18-5-3-2-4-6-18,24-8-7-22(32)17-33-24)19-13-20(27(29,30)31)15-21(28)14-19/h2-8,13-15,17,23H,9-12,16H2,1H3,(H2,34,35,37)/t26-/m0/s1. The first-order valence-electron chi connectivity index (χ1n) is 11.9. The van der Waals surface area contributed by atoms with E-state index in [1.165, 1.54) is 0 Å². The molecule has 1 saturated heterocycles. The second-order valence-electron chi connectivity index (χ2n) is 9.33. The molecule has 196 valence electrons. The maximum Gasteiger partial charge on any atom is 0.416 e. The second-order valence-corrected chi connectivity index (χ2v) is 10.6. The van der Waals surface area contributed by atoms with Gasteiger partial charge < -0.3 is 15.5 Å². The lowest BCUT2D eigenvalue weighted by molar-refractivity contribution is -0.137. The van der Waals surface area contributed by atoms with Gasteiger partial charge in [-0.15, -0.1) is 0 Å². The number of rotatable bonds is 6. The van der Waals surface area contributed by atoms with Gasteiger partial charge in [0, 0.05) is 22.2 Å². The van der Waals surface area contributed by atoms with Crippen molar-refractivity contribution in [1.29, 1.82) is 0 Å². The van der Waals surface area contributed by atoms with E-state index in [0.29, 0.717) is 11.8 Å². The molecule has 10 heteroatoms. The molecule has 0 aliphatic carbocycles. The van der Waals surface area contributed by atoms with Gasteiger partial charge in [-0.05, 0) is 97.0 Å². The van der Waals surface area contributed by atoms with Crippen molar-refractivity contribution in [2.75, 3.05) is 20.1 Å². The fraction of sp³-hybridized carbons (Fsp3) is 0.333. The fourth-order valence-corrected chi connectivity index (χ4v) is 4.94. The van der Waals surface area contributed by atoms with Crippen LogP contribution in [-0.4, -0.2) is 42.1 Å². The van der Waals surface area contributed by atoms with Gasteiger partial charge in [-0.1, -0.05) is 30.3 Å². The minimum Gasteiger partial charge on any atom is -0.335 e. The topological polar surface area (TPSA) is 57.3 Å². The second kappa shape index (κ2) is 11.3. The number of carbonyl (C=O) groups is 1. The maximum atomic E-state index is 14.7. The van der Waals surface area contributed by atoms with Gasteiger partial charge in [-0.25, -0.2) is 9.18 Å². The van der Waals surface area contributed by atoms with Gasteiger partial charge in [0.1, 0.15) is 11.4 Å². The number of halogens is 5. The summed E-state index contributed by atoms with van der Waals surface area (Å²) in [5, 5.41) is 5.90. The molecule has 2 aromatic carbocycles. The van der Waals surface area contributed by atoms with Crippen LogP contribution in [0.4, 0.5) is 22.4 Å². The molecule has 3 aromatic rings. The Morgan fingerprint density at radius 1 is 1.05 bits per heavy atom. The number of amides is 2. The van der Waals surface area contributed by atoms with Gasteiger partial charge in [-0.2, -0.15) is 13.2 Å². The monoisotopic (exact) mass is 626 g/mol. The van der Waals surface area contributed by atoms with Crippen LogP contribution in [0.15, 0.2) is 66.9 Å². The van der Waals surface area contributed by atoms with Crippen molar-refractivity contribution < 1.29 is 22.4 Å². The minimum atomic E-state index is -4.77. The van der Waals surface area contributed by atoms with Gasteiger partial charge in [0.15, 0.2) is 0 Å². The molecule has 1 atom stereocenters. The Labute approximate surface area is 226 Å². The molecule has 0 saturated carbocycles. The van der Waals surface area contributed by atoms with Crippen LogP contribution in [-0.2, 0) is 18.1 Å². The van der Waals surface area contributed by atoms with Gasteiger partial charge in [-0.3, -0.25) is 4.98 Å². The van der Waals surface area contributed by atoms with Gasteiger partial charge >= 0.3 is 12.2 Å². The van der Waals surface area contributed by atoms with E-state index in [2.05, 4.69) is 43.1 Å². The van der Waals surface area contributed by atoms with E-state index >= 15 is 0 Å². The molecule has 0 spiro atoms. The van der Waals surface area contributed by atoms with E-state index < -0.39 is 29.1 Å². The molecule has 0 radical (unpaired) electrons. The third kappa shape index (κ3) is 6.78. The van der Waals surface area contributed by atoms with Crippen molar-refractivity contribution in [3.05, 3.63) is 98.6 Å². The van der Waals surface area contributed by atoms with Crippen LogP contribution in [0.5, 0.6) is 0 Å². The minimum absolute atomic E-state index is 0.0455. The third-order valence-corrected chi connectivity index (χ3v) is 7.21. The summed E-state index contributed by atoms with van der Waals surface area (Å²) in [4.78, 5) is 20.1. The van der Waals surface area contributed by atoms with E-state index in [1.807, 2.05) is 25.2 Å². The van der Waals surface area contributed by atoms with Crippen LogP contribution in [0.1, 0.15) is 35.2 Å². The first-order chi connectivity index (χ1) is 17.5. The number of piperidine rings is 1. The summed E-state index contributed by atoms with van der Waals surface area (Å²) < 4.78 is 56.7. The molecule has 1 aliphatic rings. The molecule has 1 aliphatic heterocycles. The molecule has 0 unspecified atom stereocenters. The highest BCUT2D eigenvalue weighted by atomic mass is 127. The van der Waals surface area contributed by atoms with Crippen LogP contribution >= 0.6 is 22.6 Å². The number of alkyl halides is 3. The first-order valence-corrected chi connectivity index (χ1v) is 12.9. The van der Waals surface area contributed by atoms with Crippen molar-refractivity contribution in [1.82, 2.24) is 20.5 Å². The molecule has 2 heterocycles. The van der Waals surface area contributed by atoms with E-state index in [9.17, 15) is 22.4 Å². The Morgan fingerprint density at radius 3 is 2.35 bits per heavy atom. The van der Waals surface area contributed by atoms with Crippen LogP contribution in [0.3, 0.4) is 0 Å². The van der Waals surface area contributed by atoms with Gasteiger partial charge in [0.05, 0.1) is 11.3 Å². The van der Waals surface area contributed by atoms with E-state index in [-0.39, 0.29) is 18.0 Å². The maximum absolute atomic E-state index is 14.7. The van der Waals surface area contributed by atoms with Crippen molar-refractivity contribution in [3.63, 3.8) is 0 Å². The summed E-state index contributed by atoms with van der Waals surface area (Å²) >= 11 is 2.07. The zero-order valence-corrected chi connectivity index (χ0v) is 22.3. The Morgan fingerprint density at radius 2 is 1.73 bits per heavy atom. The molecule has 2 amide bonds. The molecular formula is C27H27F4IN4O. The van der Waals surface area contributed by atoms with Crippen molar-refractivity contribution in [3.8, 4) is 0 Å². The zero-order valence-electron chi connectivity index (χ0n) is 20.2. The van der Waals surface area contributed by atoms with Crippen LogP contribution in [0, 0.1) is 9.39 Å². The lowest BCUT2D eigenvalue weighted by Crippen LogP contribution is -2.55. The van der Waals surface area contributed by atoms with Crippen LogP contribution in [0.2, 0.25) is 0 Å². The Hall–Kier alpha value is -2.73. The summed E-state index contributed by atoms with van der Waals surface area (Å²) in [5.41, 5.74) is -1.73. The number of urea groups is 1. The van der Waals surface area contributed by atoms with Crippen LogP contribution < -0.4 is 10.6 Å². The predicted molar refractivity (Wildman–Crippen MR) is 141 cm³/mol. The molecule has 1 aromatic heterocycles. The summed E-state index contributed by atoms with van der Waals surface area (Å²) in [7, 11) is 2.01. The molecule has 2 N–H and O–H groups in total. The summed E-state index contributed by atoms with van der Waals surface area (Å²) in [5.74, 6) is -1.05. The van der Waals surface area contributed by atoms with E-state index in [0.717, 1.165) is 47.2 Å². The lowest BCUT2D eigenvalue weighted by atomic mass is 9.79. The average molecular weight is 626 g/mol. The number of nitrogens with zero attached hydrogens (tertiary/aromatic N) is 2. The number of hydrogen-bond donors (Lipinski definition) is 2. The smallest absolute Gasteiger partial charge is 0.335 e. The molecule has 0 bridgehead atoms. The van der Waals surface area contributed by atoms with Crippen molar-refractivity contribution >= 4 is 28.6 Å². The number of hydrogen-bond acceptors (Lipinski definition) is 3. The SMILES string of the molecule is CN1CCC(NC(=O)N[C@@](Cc2ccccc2)(c2cc(F)cc(C(F)(F)F)c2)c2ccc(I)cn2)CC1. The van der Waals surface area contributed by atoms with E-state index in [4.69, 9.17) is 0 Å². The number of aromatic nitrogens is 1. The highest BCUT2D eigenvalue weighted by molar-refractivity contribution is 14.1. The number of likely N-dealkylation sites (tertiary alicyclic amines) is 1. The molecule has 5 nitrogen and oxygen atoms in total. The molecule has 4 rings (SSSR count). The number of carbonyl (C=O) groups excluding carboxylic acids is 1. The molecular weight excluding hydrogens is 599 g/mol. The highest BCUT2D eigenvalue weighted by Gasteiger charge is 2.41. The summed E-state index contributed by atoms with van der Waals surface area (Å²) in [6.45, 7) is 1.63. The fourth-order valence-electron chi connectivity index (χ4n) is 4.62. The van der Waals surface area contributed by atoms with Gasteiger partial charge in [0.25, 0.3) is 0 Å². The van der Waals surface area contributed by atoms with Crippen molar-refractivity contribution in [2.24, 2.45) is 0 Å². The van der Waals surface area contributed by atoms with E-state index in [1.54, 1.807) is 30.5 Å². The highest BCUT2D eigenvalue weighted by Crippen LogP contribution is 2.37. The molecule has 1 fully saturated rings. The number of benzene rings is 2. The average Bonchev–Trinajstić information content (AvgIpc) is 2.85. The Balaban J connectivity index is 1.84. The van der Waals surface area contributed by atoms with Crippen LogP contribution in [0.25, 0.3) is 0 Å². The largest absolute Gasteiger partial charge is 0.416 e. The normalized spacial score (nSPS) is 16.7. The predicted octanol–water partition coefficient (Wildman–Crippen LogP) is 5.72. The Bertz CT molecular complexity index is 1220. The molecule has 37 heavy (non-hydrogen) atoms. The zero-order chi connectivity index (χ0) is 26.6. The lowest BCUT2D eigenvalue weighted by Gasteiger charge is -2.37. The number of nitrogens with one attached hydrogen (secondary N) is 2. The summed E-state index contributed by atoms with van der Waals surface area (Å²) in [6.07, 6.45) is -1.66. The quantitative estimate of drug-likeness (QED) is 0.272. The third-order valence-electron chi connectivity index (χ3n) is 6.58. The Kier molecular flexibility index (Phi) is 8.37. The van der Waals surface area contributed by atoms with Gasteiger partial charge in [0.2, 0.25) is 0 Å². The summed E-state index contributed by atoms with van der Waals surface area (Å²) in [6, 6.07) is 14.2. The van der Waals surface area contributed by atoms with Crippen molar-refractivity contribution in [2.45, 2.75) is 37.0 Å².